The third-order valence-corrected chi connectivity index (χ3v) is 2.64. The maximum Gasteiger partial charge on any atom is 0.309 e. The van der Waals surface area contributed by atoms with Crippen LogP contribution >= 0.6 is 0 Å². The van der Waals surface area contributed by atoms with E-state index in [-0.39, 0.29) is 17.7 Å². The van der Waals surface area contributed by atoms with Gasteiger partial charge in [-0.25, -0.2) is 0 Å². The molecule has 0 spiro atoms. The Morgan fingerprint density at radius 3 is 2.47 bits per heavy atom. The monoisotopic (exact) mass is 265 g/mol. The van der Waals surface area contributed by atoms with Crippen molar-refractivity contribution in [3.05, 3.63) is 24.0 Å². The maximum absolute atomic E-state index is 11.9. The third kappa shape index (κ3) is 4.67. The molecule has 19 heavy (non-hydrogen) atoms. The zero-order chi connectivity index (χ0) is 14.6. The molecule has 1 rings (SSSR count). The topological polar surface area (TPSA) is 105 Å². The van der Waals surface area contributed by atoms with Gasteiger partial charge in [0.25, 0.3) is 0 Å². The number of nitrogens with two attached hydrogens (primary N) is 1. The summed E-state index contributed by atoms with van der Waals surface area (Å²) in [5.74, 6) is -1.24. The second-order valence-electron chi connectivity index (χ2n) is 5.44. The van der Waals surface area contributed by atoms with Gasteiger partial charge in [0.2, 0.25) is 5.91 Å². The Balaban J connectivity index is 2.68. The molecule has 1 aromatic rings. The lowest BCUT2D eigenvalue weighted by molar-refractivity contribution is -0.136. The van der Waals surface area contributed by atoms with Gasteiger partial charge in [-0.1, -0.05) is 20.8 Å². The second-order valence-corrected chi connectivity index (χ2v) is 5.44. The molecule has 0 bridgehead atoms. The molecule has 0 fully saturated rings. The summed E-state index contributed by atoms with van der Waals surface area (Å²) in [6.07, 6.45) is 1.28. The highest BCUT2D eigenvalue weighted by molar-refractivity contribution is 5.95. The third-order valence-electron chi connectivity index (χ3n) is 2.64. The van der Waals surface area contributed by atoms with Crippen LogP contribution in [0.5, 0.6) is 0 Å². The summed E-state index contributed by atoms with van der Waals surface area (Å²) in [6.45, 7) is 5.64. The number of nitrogens with one attached hydrogen (secondary N) is 1. The Morgan fingerprint density at radius 2 is 2.05 bits per heavy atom. The number of aromatic nitrogens is 1. The Labute approximate surface area is 112 Å². The van der Waals surface area contributed by atoms with Crippen molar-refractivity contribution in [1.29, 1.82) is 0 Å². The van der Waals surface area contributed by atoms with Crippen LogP contribution in [-0.4, -0.2) is 28.0 Å². The van der Waals surface area contributed by atoms with E-state index in [4.69, 9.17) is 10.8 Å². The molecule has 0 aliphatic heterocycles. The summed E-state index contributed by atoms with van der Waals surface area (Å²) in [5, 5.41) is 11.3. The molecule has 0 unspecified atom stereocenters. The predicted octanol–water partition coefficient (Wildman–Crippen LogP) is 1.02. The quantitative estimate of drug-likeness (QED) is 0.753. The van der Waals surface area contributed by atoms with Crippen molar-refractivity contribution in [2.24, 2.45) is 11.1 Å². The van der Waals surface area contributed by atoms with Gasteiger partial charge in [0.1, 0.15) is 0 Å². The summed E-state index contributed by atoms with van der Waals surface area (Å²) in [7, 11) is 0. The summed E-state index contributed by atoms with van der Waals surface area (Å²) >= 11 is 0. The molecule has 4 N–H and O–H groups in total. The number of rotatable bonds is 4. The molecule has 0 aliphatic rings. The zero-order valence-electron chi connectivity index (χ0n) is 11.3. The highest BCUT2D eigenvalue weighted by Crippen LogP contribution is 2.18. The van der Waals surface area contributed by atoms with Crippen LogP contribution in [0, 0.1) is 5.41 Å². The van der Waals surface area contributed by atoms with E-state index in [0.717, 1.165) is 0 Å². The summed E-state index contributed by atoms with van der Waals surface area (Å²) in [5.41, 5.74) is 6.43. The van der Waals surface area contributed by atoms with Gasteiger partial charge in [0, 0.05) is 0 Å². The standard InChI is InChI=1S/C13H19N3O3/c1-13(2,3)11(14)12(19)16-9-5-4-8(15-7-9)6-10(17)18/h4-5,7,11H,6,14H2,1-3H3,(H,16,19)(H,17,18)/t11-/m0/s1. The van der Waals surface area contributed by atoms with Crippen molar-refractivity contribution in [3.63, 3.8) is 0 Å². The molecular formula is C13H19N3O3. The van der Waals surface area contributed by atoms with Crippen molar-refractivity contribution in [2.45, 2.75) is 33.2 Å². The summed E-state index contributed by atoms with van der Waals surface area (Å²) in [4.78, 5) is 26.3. The van der Waals surface area contributed by atoms with Gasteiger partial charge in [-0.2, -0.15) is 0 Å². The molecule has 1 amide bonds. The van der Waals surface area contributed by atoms with Crippen LogP contribution in [0.3, 0.4) is 0 Å². The average molecular weight is 265 g/mol. The van der Waals surface area contributed by atoms with Crippen LogP contribution in [-0.2, 0) is 16.0 Å². The van der Waals surface area contributed by atoms with Crippen molar-refractivity contribution >= 4 is 17.6 Å². The van der Waals surface area contributed by atoms with Crippen molar-refractivity contribution in [1.82, 2.24) is 4.98 Å². The summed E-state index contributed by atoms with van der Waals surface area (Å²) < 4.78 is 0. The lowest BCUT2D eigenvalue weighted by Crippen LogP contribution is -2.45. The molecule has 104 valence electrons. The van der Waals surface area contributed by atoms with Gasteiger partial charge >= 0.3 is 5.97 Å². The fourth-order valence-electron chi connectivity index (χ4n) is 1.37. The molecule has 0 saturated heterocycles. The number of pyridine rings is 1. The molecule has 0 aromatic carbocycles. The number of hydrogen-bond donors (Lipinski definition) is 3. The SMILES string of the molecule is CC(C)(C)[C@@H](N)C(=O)Nc1ccc(CC(=O)O)nc1. The Hall–Kier alpha value is -1.95. The number of carboxylic acids is 1. The van der Waals surface area contributed by atoms with Crippen LogP contribution in [0.1, 0.15) is 26.5 Å². The van der Waals surface area contributed by atoms with Crippen LogP contribution in [0.15, 0.2) is 18.3 Å². The smallest absolute Gasteiger partial charge is 0.309 e. The maximum atomic E-state index is 11.9. The van der Waals surface area contributed by atoms with E-state index in [1.165, 1.54) is 6.20 Å². The van der Waals surface area contributed by atoms with Crippen LogP contribution in [0.25, 0.3) is 0 Å². The molecule has 0 radical (unpaired) electrons. The summed E-state index contributed by atoms with van der Waals surface area (Å²) in [6, 6.07) is 2.54. The van der Waals surface area contributed by atoms with Gasteiger partial charge in [-0.3, -0.25) is 14.6 Å². The van der Waals surface area contributed by atoms with Gasteiger partial charge in [-0.05, 0) is 17.5 Å². The zero-order valence-corrected chi connectivity index (χ0v) is 11.3. The molecule has 1 heterocycles. The number of carbonyl (C=O) groups excluding carboxylic acids is 1. The van der Waals surface area contributed by atoms with E-state index in [9.17, 15) is 9.59 Å². The van der Waals surface area contributed by atoms with Crippen LogP contribution < -0.4 is 11.1 Å². The molecule has 0 aliphatic carbocycles. The Morgan fingerprint density at radius 1 is 1.42 bits per heavy atom. The second kappa shape index (κ2) is 5.79. The molecule has 0 saturated carbocycles. The molecule has 6 heteroatoms. The first-order valence-electron chi connectivity index (χ1n) is 5.93. The van der Waals surface area contributed by atoms with E-state index in [1.807, 2.05) is 20.8 Å². The highest BCUT2D eigenvalue weighted by Gasteiger charge is 2.27. The minimum Gasteiger partial charge on any atom is -0.481 e. The average Bonchev–Trinajstić information content (AvgIpc) is 2.28. The van der Waals surface area contributed by atoms with Gasteiger partial charge in [-0.15, -0.1) is 0 Å². The van der Waals surface area contributed by atoms with Crippen LogP contribution in [0.2, 0.25) is 0 Å². The first kappa shape index (κ1) is 15.1. The Kier molecular flexibility index (Phi) is 4.61. The number of carboxylic acid groups (broad SMARTS) is 1. The van der Waals surface area contributed by atoms with E-state index in [2.05, 4.69) is 10.3 Å². The van der Waals surface area contributed by atoms with Gasteiger partial charge < -0.3 is 16.2 Å². The normalized spacial score (nSPS) is 12.8. The molecule has 1 aromatic heterocycles. The van der Waals surface area contributed by atoms with E-state index >= 15 is 0 Å². The van der Waals surface area contributed by atoms with Gasteiger partial charge in [0.05, 0.1) is 30.0 Å². The number of anilines is 1. The van der Waals surface area contributed by atoms with Gasteiger partial charge in [0.15, 0.2) is 0 Å². The lowest BCUT2D eigenvalue weighted by atomic mass is 9.87. The molecule has 1 atom stereocenters. The minimum atomic E-state index is -0.945. The van der Waals surface area contributed by atoms with E-state index < -0.39 is 12.0 Å². The fourth-order valence-corrected chi connectivity index (χ4v) is 1.37. The fraction of sp³-hybridized carbons (Fsp3) is 0.462. The lowest BCUT2D eigenvalue weighted by Gasteiger charge is -2.25. The number of aliphatic carboxylic acids is 1. The minimum absolute atomic E-state index is 0.143. The number of carbonyl (C=O) groups is 2. The Bertz CT molecular complexity index is 463. The van der Waals surface area contributed by atoms with Crippen LogP contribution in [0.4, 0.5) is 5.69 Å². The molecule has 6 nitrogen and oxygen atoms in total. The number of hydrogen-bond acceptors (Lipinski definition) is 4. The first-order valence-corrected chi connectivity index (χ1v) is 5.93. The van der Waals surface area contributed by atoms with Crippen molar-refractivity contribution in [3.8, 4) is 0 Å². The molecular weight excluding hydrogens is 246 g/mol. The number of amides is 1. The first-order chi connectivity index (χ1) is 8.70. The largest absolute Gasteiger partial charge is 0.481 e. The highest BCUT2D eigenvalue weighted by atomic mass is 16.4. The predicted molar refractivity (Wildman–Crippen MR) is 71.6 cm³/mol. The van der Waals surface area contributed by atoms with Crippen molar-refractivity contribution < 1.29 is 14.7 Å². The van der Waals surface area contributed by atoms with E-state index in [1.54, 1.807) is 12.1 Å². The van der Waals surface area contributed by atoms with Crippen molar-refractivity contribution in [2.75, 3.05) is 5.32 Å². The van der Waals surface area contributed by atoms with E-state index in [0.29, 0.717) is 11.4 Å². The number of nitrogens with zero attached hydrogens (tertiary/aromatic N) is 1.